The number of nitrogen functional groups attached to an aromatic ring is 1. The lowest BCUT2D eigenvalue weighted by Gasteiger charge is -2.02. The summed E-state index contributed by atoms with van der Waals surface area (Å²) in [5, 5.41) is 0.643. The van der Waals surface area contributed by atoms with Crippen LogP contribution in [-0.4, -0.2) is 15.0 Å². The summed E-state index contributed by atoms with van der Waals surface area (Å²) in [5.41, 5.74) is 6.37. The van der Waals surface area contributed by atoms with Crippen molar-refractivity contribution in [3.8, 4) is 11.4 Å². The molecule has 4 nitrogen and oxygen atoms in total. The minimum Gasteiger partial charge on any atom is -0.368 e. The van der Waals surface area contributed by atoms with Gasteiger partial charge in [-0.3, -0.25) is 0 Å². The summed E-state index contributed by atoms with van der Waals surface area (Å²) in [6, 6.07) is 7.30. The molecule has 2 rings (SSSR count). The van der Waals surface area contributed by atoms with Crippen LogP contribution in [-0.2, 0) is 0 Å². The van der Waals surface area contributed by atoms with Crippen molar-refractivity contribution < 1.29 is 0 Å². The number of anilines is 1. The molecule has 0 aliphatic rings. The predicted molar refractivity (Wildman–Crippen MR) is 59.4 cm³/mol. The van der Waals surface area contributed by atoms with E-state index in [1.807, 2.05) is 12.1 Å². The number of halogens is 1. The van der Waals surface area contributed by atoms with Crippen LogP contribution in [0.1, 0.15) is 5.82 Å². The van der Waals surface area contributed by atoms with Crippen LogP contribution in [0.5, 0.6) is 0 Å². The zero-order valence-electron chi connectivity index (χ0n) is 8.11. The molecule has 0 saturated carbocycles. The highest BCUT2D eigenvalue weighted by Crippen LogP contribution is 2.19. The quantitative estimate of drug-likeness (QED) is 0.799. The van der Waals surface area contributed by atoms with Crippen molar-refractivity contribution in [3.63, 3.8) is 0 Å². The Hall–Kier alpha value is -1.68. The monoisotopic (exact) mass is 220 g/mol. The number of hydrogen-bond acceptors (Lipinski definition) is 4. The Morgan fingerprint density at radius 1 is 1.20 bits per heavy atom. The second kappa shape index (κ2) is 3.82. The third-order valence-electron chi connectivity index (χ3n) is 1.85. The molecule has 0 aliphatic heterocycles. The van der Waals surface area contributed by atoms with E-state index in [2.05, 4.69) is 15.0 Å². The van der Waals surface area contributed by atoms with Crippen LogP contribution in [0.25, 0.3) is 11.4 Å². The fourth-order valence-corrected chi connectivity index (χ4v) is 1.45. The normalized spacial score (nSPS) is 10.3. The summed E-state index contributed by atoms with van der Waals surface area (Å²) < 4.78 is 0. The Kier molecular flexibility index (Phi) is 2.51. The van der Waals surface area contributed by atoms with Crippen LogP contribution >= 0.6 is 11.6 Å². The first-order chi connectivity index (χ1) is 7.15. The molecule has 0 fully saturated rings. The molecule has 0 atom stereocenters. The van der Waals surface area contributed by atoms with Gasteiger partial charge >= 0.3 is 0 Å². The fourth-order valence-electron chi connectivity index (χ4n) is 1.26. The first-order valence-corrected chi connectivity index (χ1v) is 4.77. The van der Waals surface area contributed by atoms with Crippen molar-refractivity contribution in [1.29, 1.82) is 0 Å². The Morgan fingerprint density at radius 3 is 2.67 bits per heavy atom. The standard InChI is InChI=1S/C10H9ClN4/c1-6-13-9(15-10(12)14-6)7-3-2-4-8(11)5-7/h2-5H,1H3,(H2,12,13,14,15). The van der Waals surface area contributed by atoms with Crippen LogP contribution in [0.3, 0.4) is 0 Å². The van der Waals surface area contributed by atoms with E-state index in [9.17, 15) is 0 Å². The molecule has 1 aromatic carbocycles. The van der Waals surface area contributed by atoms with Crippen LogP contribution < -0.4 is 5.73 Å². The highest BCUT2D eigenvalue weighted by atomic mass is 35.5. The van der Waals surface area contributed by atoms with E-state index >= 15 is 0 Å². The topological polar surface area (TPSA) is 64.7 Å². The van der Waals surface area contributed by atoms with Gasteiger partial charge in [0.25, 0.3) is 0 Å². The number of aromatic nitrogens is 3. The molecule has 5 heteroatoms. The highest BCUT2D eigenvalue weighted by Gasteiger charge is 2.04. The van der Waals surface area contributed by atoms with E-state index < -0.39 is 0 Å². The molecule has 2 N–H and O–H groups in total. The van der Waals surface area contributed by atoms with E-state index in [1.54, 1.807) is 19.1 Å². The van der Waals surface area contributed by atoms with E-state index in [0.29, 0.717) is 16.7 Å². The third-order valence-corrected chi connectivity index (χ3v) is 2.08. The molecule has 15 heavy (non-hydrogen) atoms. The average Bonchev–Trinajstić information content (AvgIpc) is 2.16. The largest absolute Gasteiger partial charge is 0.368 e. The molecule has 76 valence electrons. The summed E-state index contributed by atoms with van der Waals surface area (Å²) in [6.45, 7) is 1.77. The van der Waals surface area contributed by atoms with Gasteiger partial charge < -0.3 is 5.73 Å². The van der Waals surface area contributed by atoms with Gasteiger partial charge in [-0.2, -0.15) is 9.97 Å². The van der Waals surface area contributed by atoms with Gasteiger partial charge in [-0.15, -0.1) is 0 Å². The van der Waals surface area contributed by atoms with Crippen LogP contribution in [0.2, 0.25) is 5.02 Å². The minimum absolute atomic E-state index is 0.220. The van der Waals surface area contributed by atoms with Crippen molar-refractivity contribution in [2.24, 2.45) is 0 Å². The van der Waals surface area contributed by atoms with Crippen LogP contribution in [0, 0.1) is 6.92 Å². The minimum atomic E-state index is 0.220. The maximum Gasteiger partial charge on any atom is 0.223 e. The summed E-state index contributed by atoms with van der Waals surface area (Å²) >= 11 is 5.87. The van der Waals surface area contributed by atoms with Gasteiger partial charge in [-0.25, -0.2) is 4.98 Å². The molecule has 2 aromatic rings. The van der Waals surface area contributed by atoms with E-state index in [-0.39, 0.29) is 5.95 Å². The van der Waals surface area contributed by atoms with Crippen molar-refractivity contribution in [2.45, 2.75) is 6.92 Å². The maximum atomic E-state index is 5.87. The second-order valence-electron chi connectivity index (χ2n) is 3.07. The fraction of sp³-hybridized carbons (Fsp3) is 0.100. The molecule has 0 amide bonds. The maximum absolute atomic E-state index is 5.87. The van der Waals surface area contributed by atoms with E-state index in [4.69, 9.17) is 17.3 Å². The number of rotatable bonds is 1. The van der Waals surface area contributed by atoms with Crippen molar-refractivity contribution in [2.75, 3.05) is 5.73 Å². The van der Waals surface area contributed by atoms with Gasteiger partial charge in [0.1, 0.15) is 5.82 Å². The zero-order valence-corrected chi connectivity index (χ0v) is 8.86. The third kappa shape index (κ3) is 2.22. The number of benzene rings is 1. The molecule has 0 saturated heterocycles. The Morgan fingerprint density at radius 2 is 2.00 bits per heavy atom. The molecule has 0 unspecified atom stereocenters. The number of nitrogens with two attached hydrogens (primary N) is 1. The van der Waals surface area contributed by atoms with Crippen molar-refractivity contribution in [1.82, 2.24) is 15.0 Å². The van der Waals surface area contributed by atoms with Gasteiger partial charge in [-0.05, 0) is 19.1 Å². The second-order valence-corrected chi connectivity index (χ2v) is 3.51. The molecule has 1 aromatic heterocycles. The Labute approximate surface area is 92.2 Å². The smallest absolute Gasteiger partial charge is 0.223 e. The SMILES string of the molecule is Cc1nc(N)nc(-c2cccc(Cl)c2)n1. The van der Waals surface area contributed by atoms with Gasteiger partial charge in [-0.1, -0.05) is 23.7 Å². The van der Waals surface area contributed by atoms with Crippen molar-refractivity contribution >= 4 is 17.5 Å². The van der Waals surface area contributed by atoms with Gasteiger partial charge in [0, 0.05) is 10.6 Å². The van der Waals surface area contributed by atoms with E-state index in [1.165, 1.54) is 0 Å². The summed E-state index contributed by atoms with van der Waals surface area (Å²) in [6.07, 6.45) is 0. The summed E-state index contributed by atoms with van der Waals surface area (Å²) in [4.78, 5) is 12.1. The molecule has 0 spiro atoms. The lowest BCUT2D eigenvalue weighted by atomic mass is 10.2. The Balaban J connectivity index is 2.54. The summed E-state index contributed by atoms with van der Waals surface area (Å²) in [5.74, 6) is 1.36. The molecular formula is C10H9ClN4. The average molecular weight is 221 g/mol. The van der Waals surface area contributed by atoms with Crippen molar-refractivity contribution in [3.05, 3.63) is 35.1 Å². The Bertz CT molecular complexity index is 478. The molecule has 0 bridgehead atoms. The molecule has 0 radical (unpaired) electrons. The van der Waals surface area contributed by atoms with Gasteiger partial charge in [0.15, 0.2) is 5.82 Å². The molecular weight excluding hydrogens is 212 g/mol. The lowest BCUT2D eigenvalue weighted by Crippen LogP contribution is -2.01. The zero-order chi connectivity index (χ0) is 10.8. The van der Waals surface area contributed by atoms with E-state index in [0.717, 1.165) is 5.56 Å². The molecule has 0 aliphatic carbocycles. The molecule has 1 heterocycles. The number of aryl methyl sites for hydroxylation is 1. The van der Waals surface area contributed by atoms with Gasteiger partial charge in [0.2, 0.25) is 5.95 Å². The summed E-state index contributed by atoms with van der Waals surface area (Å²) in [7, 11) is 0. The highest BCUT2D eigenvalue weighted by molar-refractivity contribution is 6.30. The number of hydrogen-bond donors (Lipinski definition) is 1. The first-order valence-electron chi connectivity index (χ1n) is 4.39. The first kappa shape index (κ1) is 9.86. The number of nitrogens with zero attached hydrogens (tertiary/aromatic N) is 3. The lowest BCUT2D eigenvalue weighted by molar-refractivity contribution is 0.997. The van der Waals surface area contributed by atoms with Gasteiger partial charge in [0.05, 0.1) is 0 Å². The predicted octanol–water partition coefficient (Wildman–Crippen LogP) is 2.08. The van der Waals surface area contributed by atoms with Crippen LogP contribution in [0.15, 0.2) is 24.3 Å². The van der Waals surface area contributed by atoms with Crippen LogP contribution in [0.4, 0.5) is 5.95 Å².